The fourth-order valence-corrected chi connectivity index (χ4v) is 3.03. The fourth-order valence-electron chi connectivity index (χ4n) is 3.03. The second-order valence-electron chi connectivity index (χ2n) is 6.40. The number of hydrogen-bond acceptors (Lipinski definition) is 4. The van der Waals surface area contributed by atoms with Crippen LogP contribution in [-0.4, -0.2) is 36.2 Å². The predicted octanol–water partition coefficient (Wildman–Crippen LogP) is 3.30. The highest BCUT2D eigenvalue weighted by Gasteiger charge is 2.16. The van der Waals surface area contributed by atoms with Crippen LogP contribution < -0.4 is 10.6 Å². The highest BCUT2D eigenvalue weighted by atomic mass is 19.1. The summed E-state index contributed by atoms with van der Waals surface area (Å²) in [6.07, 6.45) is 1.96. The van der Waals surface area contributed by atoms with Gasteiger partial charge < -0.3 is 20.5 Å². The van der Waals surface area contributed by atoms with E-state index < -0.39 is 17.7 Å². The average molecular weight is 372 g/mol. The number of benzene rings is 2. The van der Waals surface area contributed by atoms with Gasteiger partial charge in [-0.05, 0) is 42.7 Å². The number of amides is 1. The number of ether oxygens (including phenoxy) is 1. The zero-order chi connectivity index (χ0) is 19.2. The molecule has 7 heteroatoms. The molecule has 1 fully saturated rings. The van der Waals surface area contributed by atoms with Crippen molar-refractivity contribution in [3.63, 3.8) is 0 Å². The summed E-state index contributed by atoms with van der Waals surface area (Å²) in [7, 11) is 0. The summed E-state index contributed by atoms with van der Waals surface area (Å²) in [5.41, 5.74) is 1.14. The third kappa shape index (κ3) is 5.04. The van der Waals surface area contributed by atoms with E-state index in [2.05, 4.69) is 10.6 Å². The Hall–Kier alpha value is -2.93. The maximum Gasteiger partial charge on any atom is 0.335 e. The summed E-state index contributed by atoms with van der Waals surface area (Å²) < 4.78 is 19.7. The van der Waals surface area contributed by atoms with Crippen molar-refractivity contribution in [1.29, 1.82) is 0 Å². The molecule has 1 unspecified atom stereocenters. The molecule has 0 spiro atoms. The van der Waals surface area contributed by atoms with Gasteiger partial charge in [-0.15, -0.1) is 0 Å². The maximum absolute atomic E-state index is 14.2. The first-order valence-corrected chi connectivity index (χ1v) is 8.79. The standard InChI is InChI=1S/C20H21FN2O4/c21-17-11-14(7-8-18(17)22-12-15-5-3-9-27-15)23-19(24)10-13-4-1-2-6-16(13)20(25)26/h1-2,4,6-8,11,15,22H,3,5,9-10,12H2,(H,23,24)(H,25,26). The van der Waals surface area contributed by atoms with E-state index in [0.717, 1.165) is 19.4 Å². The van der Waals surface area contributed by atoms with Crippen LogP contribution in [0, 0.1) is 5.82 Å². The molecule has 2 aromatic carbocycles. The van der Waals surface area contributed by atoms with E-state index >= 15 is 0 Å². The number of carbonyl (C=O) groups is 2. The van der Waals surface area contributed by atoms with Crippen molar-refractivity contribution in [3.05, 3.63) is 59.4 Å². The summed E-state index contributed by atoms with van der Waals surface area (Å²) >= 11 is 0. The molecule has 1 heterocycles. The van der Waals surface area contributed by atoms with Gasteiger partial charge in [0.05, 0.1) is 23.8 Å². The lowest BCUT2D eigenvalue weighted by atomic mass is 10.0. The van der Waals surface area contributed by atoms with E-state index in [1.54, 1.807) is 30.3 Å². The number of carboxylic acid groups (broad SMARTS) is 1. The van der Waals surface area contributed by atoms with Gasteiger partial charge >= 0.3 is 5.97 Å². The van der Waals surface area contributed by atoms with Crippen molar-refractivity contribution in [3.8, 4) is 0 Å². The van der Waals surface area contributed by atoms with E-state index in [4.69, 9.17) is 9.84 Å². The largest absolute Gasteiger partial charge is 0.478 e. The lowest BCUT2D eigenvalue weighted by Gasteiger charge is -2.13. The molecular weight excluding hydrogens is 351 g/mol. The molecule has 1 aliphatic rings. The molecule has 1 amide bonds. The van der Waals surface area contributed by atoms with Gasteiger partial charge in [0.15, 0.2) is 0 Å². The Bertz CT molecular complexity index is 834. The Labute approximate surface area is 156 Å². The number of anilines is 2. The minimum absolute atomic E-state index is 0.0764. The van der Waals surface area contributed by atoms with Gasteiger partial charge in [0.1, 0.15) is 5.82 Å². The number of carbonyl (C=O) groups excluding carboxylic acids is 1. The number of hydrogen-bond donors (Lipinski definition) is 3. The lowest BCUT2D eigenvalue weighted by Crippen LogP contribution is -2.19. The van der Waals surface area contributed by atoms with Gasteiger partial charge in [-0.25, -0.2) is 9.18 Å². The van der Waals surface area contributed by atoms with Crippen molar-refractivity contribution in [2.24, 2.45) is 0 Å². The molecule has 6 nitrogen and oxygen atoms in total. The first kappa shape index (κ1) is 18.8. The van der Waals surface area contributed by atoms with Crippen LogP contribution in [-0.2, 0) is 16.0 Å². The second kappa shape index (κ2) is 8.64. The Morgan fingerprint density at radius 2 is 2.04 bits per heavy atom. The van der Waals surface area contributed by atoms with Crippen LogP contribution in [0.2, 0.25) is 0 Å². The molecule has 0 aromatic heterocycles. The molecule has 0 saturated carbocycles. The van der Waals surface area contributed by atoms with Crippen molar-refractivity contribution in [2.75, 3.05) is 23.8 Å². The molecule has 3 rings (SSSR count). The fraction of sp³-hybridized carbons (Fsp3) is 0.300. The van der Waals surface area contributed by atoms with Crippen LogP contribution in [0.5, 0.6) is 0 Å². The van der Waals surface area contributed by atoms with Crippen LogP contribution in [0.25, 0.3) is 0 Å². The van der Waals surface area contributed by atoms with E-state index in [9.17, 15) is 14.0 Å². The van der Waals surface area contributed by atoms with Gasteiger partial charge in [-0.2, -0.15) is 0 Å². The Morgan fingerprint density at radius 1 is 1.22 bits per heavy atom. The summed E-state index contributed by atoms with van der Waals surface area (Å²) in [5, 5.41) is 14.8. The molecule has 27 heavy (non-hydrogen) atoms. The number of nitrogens with one attached hydrogen (secondary N) is 2. The molecule has 0 bridgehead atoms. The van der Waals surface area contributed by atoms with Crippen molar-refractivity contribution in [1.82, 2.24) is 0 Å². The molecule has 142 valence electrons. The molecule has 0 radical (unpaired) electrons. The lowest BCUT2D eigenvalue weighted by molar-refractivity contribution is -0.115. The molecule has 1 aliphatic heterocycles. The predicted molar refractivity (Wildman–Crippen MR) is 99.6 cm³/mol. The molecule has 1 saturated heterocycles. The third-order valence-electron chi connectivity index (χ3n) is 4.40. The zero-order valence-corrected chi connectivity index (χ0v) is 14.7. The number of aromatic carboxylic acids is 1. The average Bonchev–Trinajstić information content (AvgIpc) is 3.15. The summed E-state index contributed by atoms with van der Waals surface area (Å²) in [4.78, 5) is 23.4. The van der Waals surface area contributed by atoms with Crippen LogP contribution in [0.3, 0.4) is 0 Å². The number of rotatable bonds is 7. The SMILES string of the molecule is O=C(Cc1ccccc1C(=O)O)Nc1ccc(NCC2CCCO2)c(F)c1. The van der Waals surface area contributed by atoms with Crippen molar-refractivity contribution in [2.45, 2.75) is 25.4 Å². The van der Waals surface area contributed by atoms with Gasteiger partial charge in [0.2, 0.25) is 5.91 Å². The van der Waals surface area contributed by atoms with Gasteiger partial charge in [0, 0.05) is 18.8 Å². The smallest absolute Gasteiger partial charge is 0.335 e. The van der Waals surface area contributed by atoms with Crippen molar-refractivity contribution < 1.29 is 23.8 Å². The van der Waals surface area contributed by atoms with Gasteiger partial charge in [-0.1, -0.05) is 18.2 Å². The molecule has 2 aromatic rings. The number of halogens is 1. The van der Waals surface area contributed by atoms with Crippen LogP contribution in [0.15, 0.2) is 42.5 Å². The molecular formula is C20H21FN2O4. The van der Waals surface area contributed by atoms with E-state index in [0.29, 0.717) is 23.5 Å². The number of carboxylic acids is 1. The van der Waals surface area contributed by atoms with Gasteiger partial charge in [0.25, 0.3) is 0 Å². The molecule has 3 N–H and O–H groups in total. The van der Waals surface area contributed by atoms with Crippen LogP contribution >= 0.6 is 0 Å². The molecule has 1 atom stereocenters. The topological polar surface area (TPSA) is 87.7 Å². The Kier molecular flexibility index (Phi) is 6.03. The Morgan fingerprint density at radius 3 is 2.74 bits per heavy atom. The highest BCUT2D eigenvalue weighted by Crippen LogP contribution is 2.21. The summed E-state index contributed by atoms with van der Waals surface area (Å²) in [6.45, 7) is 1.28. The van der Waals surface area contributed by atoms with E-state index in [1.165, 1.54) is 12.1 Å². The first-order chi connectivity index (χ1) is 13.0. The van der Waals surface area contributed by atoms with E-state index in [1.807, 2.05) is 0 Å². The van der Waals surface area contributed by atoms with E-state index in [-0.39, 0.29) is 18.1 Å². The van der Waals surface area contributed by atoms with Crippen molar-refractivity contribution >= 4 is 23.3 Å². The zero-order valence-electron chi connectivity index (χ0n) is 14.7. The third-order valence-corrected chi connectivity index (χ3v) is 4.40. The van der Waals surface area contributed by atoms with Gasteiger partial charge in [-0.3, -0.25) is 4.79 Å². The molecule has 0 aliphatic carbocycles. The quantitative estimate of drug-likeness (QED) is 0.694. The Balaban J connectivity index is 1.59. The minimum atomic E-state index is -1.09. The first-order valence-electron chi connectivity index (χ1n) is 8.79. The maximum atomic E-state index is 14.2. The monoisotopic (exact) mass is 372 g/mol. The van der Waals surface area contributed by atoms with Crippen LogP contribution in [0.4, 0.5) is 15.8 Å². The summed E-state index contributed by atoms with van der Waals surface area (Å²) in [5.74, 6) is -1.98. The second-order valence-corrected chi connectivity index (χ2v) is 6.40. The normalized spacial score (nSPS) is 16.1. The minimum Gasteiger partial charge on any atom is -0.478 e. The summed E-state index contributed by atoms with van der Waals surface area (Å²) in [6, 6.07) is 10.7. The van der Waals surface area contributed by atoms with Crippen LogP contribution in [0.1, 0.15) is 28.8 Å². The highest BCUT2D eigenvalue weighted by molar-refractivity contribution is 5.96.